The van der Waals surface area contributed by atoms with Gasteiger partial charge in [0.1, 0.15) is 0 Å². The van der Waals surface area contributed by atoms with Crippen LogP contribution in [0.3, 0.4) is 0 Å². The first-order valence-electron chi connectivity index (χ1n) is 1.97. The minimum absolute atomic E-state index is 0.311. The minimum Gasteiger partial charge on any atom is -0.204 e. The van der Waals surface area contributed by atoms with E-state index in [0.717, 1.165) is 0 Å². The Labute approximate surface area is 60.2 Å². The smallest absolute Gasteiger partial charge is 0.204 e. The third kappa shape index (κ3) is 3.65. The summed E-state index contributed by atoms with van der Waals surface area (Å²) < 4.78 is 34.9. The van der Waals surface area contributed by atoms with Gasteiger partial charge >= 0.3 is 5.38 Å². The molecule has 0 nitrogen and oxygen atoms in total. The molecule has 0 fully saturated rings. The van der Waals surface area contributed by atoms with E-state index in [1.807, 2.05) is 0 Å². The summed E-state index contributed by atoms with van der Waals surface area (Å²) in [6.07, 6.45) is 0.508. The van der Waals surface area contributed by atoms with Crippen LogP contribution in [0.5, 0.6) is 0 Å². The zero-order valence-electron chi connectivity index (χ0n) is 4.17. The second-order valence-corrected chi connectivity index (χ2v) is 1.99. The highest BCUT2D eigenvalue weighted by molar-refractivity contribution is 6.23. The maximum Gasteiger partial charge on any atom is 0.373 e. The molecule has 0 bridgehead atoms. The molecule has 0 aliphatic carbocycles. The number of alkyl halides is 4. The first-order valence-corrected chi connectivity index (χ1v) is 2.88. The van der Waals surface area contributed by atoms with Gasteiger partial charge in [-0.2, -0.15) is 8.78 Å². The molecule has 0 aliphatic heterocycles. The topological polar surface area (TPSA) is 0 Å². The van der Waals surface area contributed by atoms with Crippen molar-refractivity contribution in [3.8, 4) is 0 Å². The van der Waals surface area contributed by atoms with E-state index in [1.54, 1.807) is 0 Å². The predicted octanol–water partition coefficient (Wildman–Crippen LogP) is 2.91. The number of hydrogen-bond acceptors (Lipinski definition) is 0. The molecular formula is C4H3Cl2F3. The van der Waals surface area contributed by atoms with Crippen LogP contribution in [-0.4, -0.2) is 11.3 Å². The molecule has 0 aromatic carbocycles. The van der Waals surface area contributed by atoms with Crippen LogP contribution in [0.25, 0.3) is 0 Å². The highest BCUT2D eigenvalue weighted by Crippen LogP contribution is 2.29. The molecule has 0 radical (unpaired) electrons. The van der Waals surface area contributed by atoms with Gasteiger partial charge in [0.15, 0.2) is 5.83 Å². The lowest BCUT2D eigenvalue weighted by molar-refractivity contribution is 0.110. The highest BCUT2D eigenvalue weighted by Gasteiger charge is 2.30. The van der Waals surface area contributed by atoms with Crippen LogP contribution in [0.4, 0.5) is 13.2 Å². The molecule has 0 rings (SSSR count). The quantitative estimate of drug-likeness (QED) is 0.571. The Morgan fingerprint density at radius 2 is 2.00 bits per heavy atom. The first-order chi connectivity index (χ1) is 3.98. The van der Waals surface area contributed by atoms with Crippen molar-refractivity contribution in [2.45, 2.75) is 5.38 Å². The lowest BCUT2D eigenvalue weighted by Crippen LogP contribution is -2.05. The van der Waals surface area contributed by atoms with Gasteiger partial charge in [0, 0.05) is 5.88 Å². The van der Waals surface area contributed by atoms with Gasteiger partial charge in [0.2, 0.25) is 0 Å². The van der Waals surface area contributed by atoms with Crippen molar-refractivity contribution in [1.29, 1.82) is 0 Å². The van der Waals surface area contributed by atoms with Crippen molar-refractivity contribution in [2.24, 2.45) is 0 Å². The third-order valence-corrected chi connectivity index (χ3v) is 0.862. The molecule has 0 spiro atoms. The lowest BCUT2D eigenvalue weighted by atomic mass is 10.5. The van der Waals surface area contributed by atoms with Crippen LogP contribution in [0.2, 0.25) is 0 Å². The van der Waals surface area contributed by atoms with Crippen molar-refractivity contribution >= 4 is 23.2 Å². The van der Waals surface area contributed by atoms with Gasteiger partial charge in [0.05, 0.1) is 0 Å². The zero-order chi connectivity index (χ0) is 7.49. The molecule has 0 atom stereocenters. The Balaban J connectivity index is 4.03. The van der Waals surface area contributed by atoms with E-state index in [-0.39, 0.29) is 5.88 Å². The van der Waals surface area contributed by atoms with E-state index in [2.05, 4.69) is 11.6 Å². The number of allylic oxidation sites excluding steroid dienone is 2. The molecule has 0 saturated carbocycles. The van der Waals surface area contributed by atoms with Gasteiger partial charge in [0.25, 0.3) is 0 Å². The van der Waals surface area contributed by atoms with E-state index in [0.29, 0.717) is 6.08 Å². The zero-order valence-corrected chi connectivity index (χ0v) is 5.69. The summed E-state index contributed by atoms with van der Waals surface area (Å²) in [6, 6.07) is 0. The van der Waals surface area contributed by atoms with Gasteiger partial charge in [-0.3, -0.25) is 0 Å². The van der Waals surface area contributed by atoms with E-state index in [9.17, 15) is 13.2 Å². The molecule has 5 heteroatoms. The monoisotopic (exact) mass is 178 g/mol. The van der Waals surface area contributed by atoms with Gasteiger partial charge in [-0.05, 0) is 17.7 Å². The molecule has 0 aliphatic rings. The van der Waals surface area contributed by atoms with Crippen molar-refractivity contribution < 1.29 is 13.2 Å². The lowest BCUT2D eigenvalue weighted by Gasteiger charge is -2.01. The van der Waals surface area contributed by atoms with Crippen LogP contribution in [-0.2, 0) is 0 Å². The fraction of sp³-hybridized carbons (Fsp3) is 0.500. The van der Waals surface area contributed by atoms with Crippen LogP contribution in [0, 0.1) is 0 Å². The molecular weight excluding hydrogens is 176 g/mol. The predicted molar refractivity (Wildman–Crippen MR) is 30.7 cm³/mol. The number of rotatable bonds is 2. The molecule has 0 amide bonds. The molecule has 0 aromatic heterocycles. The molecule has 9 heavy (non-hydrogen) atoms. The Hall–Kier alpha value is 0.110. The van der Waals surface area contributed by atoms with E-state index >= 15 is 0 Å². The fourth-order valence-corrected chi connectivity index (χ4v) is 0.396. The summed E-state index contributed by atoms with van der Waals surface area (Å²) in [5.41, 5.74) is 0. The SMILES string of the molecule is F/C(=C\CCl)C(F)(F)Cl. The Bertz CT molecular complexity index is 115. The van der Waals surface area contributed by atoms with E-state index in [1.165, 1.54) is 0 Å². The average molecular weight is 179 g/mol. The summed E-state index contributed by atoms with van der Waals surface area (Å²) in [6.45, 7) is 0. The van der Waals surface area contributed by atoms with Gasteiger partial charge in [-0.25, -0.2) is 4.39 Å². The number of hydrogen-bond donors (Lipinski definition) is 0. The van der Waals surface area contributed by atoms with Crippen LogP contribution in [0.15, 0.2) is 11.9 Å². The van der Waals surface area contributed by atoms with Gasteiger partial charge in [-0.1, -0.05) is 0 Å². The molecule has 0 heterocycles. The second kappa shape index (κ2) is 3.32. The number of halogens is 5. The minimum atomic E-state index is -3.91. The van der Waals surface area contributed by atoms with Gasteiger partial charge < -0.3 is 0 Å². The Morgan fingerprint density at radius 3 is 2.11 bits per heavy atom. The maximum absolute atomic E-state index is 11.8. The molecule has 0 unspecified atom stereocenters. The Morgan fingerprint density at radius 1 is 1.56 bits per heavy atom. The van der Waals surface area contributed by atoms with Crippen LogP contribution in [0.1, 0.15) is 0 Å². The summed E-state index contributed by atoms with van der Waals surface area (Å²) in [7, 11) is 0. The molecule has 54 valence electrons. The van der Waals surface area contributed by atoms with Crippen molar-refractivity contribution in [2.75, 3.05) is 5.88 Å². The first kappa shape index (κ1) is 9.11. The molecule has 0 aromatic rings. The van der Waals surface area contributed by atoms with Crippen LogP contribution >= 0.6 is 23.2 Å². The average Bonchev–Trinajstić information content (AvgIpc) is 1.64. The Kier molecular flexibility index (Phi) is 3.36. The van der Waals surface area contributed by atoms with E-state index < -0.39 is 11.2 Å². The summed E-state index contributed by atoms with van der Waals surface area (Å²) in [4.78, 5) is 0. The largest absolute Gasteiger partial charge is 0.373 e. The normalized spacial score (nSPS) is 14.1. The standard InChI is InChI=1S/C4H3Cl2F3/c5-2-1-3(7)4(6,8)9/h1H,2H2/b3-1-. The van der Waals surface area contributed by atoms with Crippen molar-refractivity contribution in [3.63, 3.8) is 0 Å². The van der Waals surface area contributed by atoms with Crippen molar-refractivity contribution in [1.82, 2.24) is 0 Å². The highest BCUT2D eigenvalue weighted by atomic mass is 35.5. The molecule has 0 saturated heterocycles. The van der Waals surface area contributed by atoms with E-state index in [4.69, 9.17) is 11.6 Å². The summed E-state index contributed by atoms with van der Waals surface area (Å²) in [5, 5.41) is -3.91. The van der Waals surface area contributed by atoms with Crippen LogP contribution < -0.4 is 0 Å². The van der Waals surface area contributed by atoms with Crippen molar-refractivity contribution in [3.05, 3.63) is 11.9 Å². The maximum atomic E-state index is 11.8. The summed E-state index contributed by atoms with van der Waals surface area (Å²) in [5.74, 6) is -2.02. The summed E-state index contributed by atoms with van der Waals surface area (Å²) >= 11 is 9.12. The molecule has 0 N–H and O–H groups in total. The van der Waals surface area contributed by atoms with Gasteiger partial charge in [-0.15, -0.1) is 11.6 Å². The second-order valence-electron chi connectivity index (χ2n) is 1.20. The fourth-order valence-electron chi connectivity index (χ4n) is 0.183. The third-order valence-electron chi connectivity index (χ3n) is 0.527.